The van der Waals surface area contributed by atoms with Crippen molar-refractivity contribution in [2.24, 2.45) is 0 Å². The van der Waals surface area contributed by atoms with E-state index in [9.17, 15) is 18.3 Å². The first-order chi connectivity index (χ1) is 11.6. The van der Waals surface area contributed by atoms with Gasteiger partial charge in [0.2, 0.25) is 10.0 Å². The first kappa shape index (κ1) is 19.1. The van der Waals surface area contributed by atoms with E-state index in [0.29, 0.717) is 0 Å². The molecule has 2 rings (SSSR count). The van der Waals surface area contributed by atoms with Crippen LogP contribution in [0.25, 0.3) is 0 Å². The molecule has 5 nitrogen and oxygen atoms in total. The Morgan fingerprint density at radius 3 is 2.08 bits per heavy atom. The predicted molar refractivity (Wildman–Crippen MR) is 97.2 cm³/mol. The van der Waals surface area contributed by atoms with Crippen LogP contribution in [0.1, 0.15) is 22.3 Å². The molecule has 0 aliphatic heterocycles. The van der Waals surface area contributed by atoms with Crippen LogP contribution in [-0.4, -0.2) is 36.9 Å². The lowest BCUT2D eigenvalue weighted by molar-refractivity contribution is -0.141. The monoisotopic (exact) mass is 361 g/mol. The van der Waals surface area contributed by atoms with Gasteiger partial charge in [-0.2, -0.15) is 4.31 Å². The molecule has 0 aliphatic carbocycles. The topological polar surface area (TPSA) is 74.7 Å². The number of carbonyl (C=O) groups is 1. The van der Waals surface area contributed by atoms with Gasteiger partial charge in [-0.1, -0.05) is 35.9 Å². The van der Waals surface area contributed by atoms with Crippen LogP contribution < -0.4 is 0 Å². The summed E-state index contributed by atoms with van der Waals surface area (Å²) in [4.78, 5) is 11.9. The van der Waals surface area contributed by atoms with E-state index in [-0.39, 0.29) is 11.3 Å². The number of benzene rings is 2. The number of nitrogens with zero attached hydrogens (tertiary/aromatic N) is 1. The molecule has 6 heteroatoms. The maximum atomic E-state index is 12.8. The number of likely N-dealkylation sites (N-methyl/N-ethyl adjacent to an activating group) is 1. The summed E-state index contributed by atoms with van der Waals surface area (Å²) in [5.41, 5.74) is 3.90. The van der Waals surface area contributed by atoms with Gasteiger partial charge in [-0.3, -0.25) is 4.79 Å². The van der Waals surface area contributed by atoms with Gasteiger partial charge in [-0.25, -0.2) is 8.42 Å². The average molecular weight is 361 g/mol. The highest BCUT2D eigenvalue weighted by Crippen LogP contribution is 2.23. The number of carboxylic acids is 1. The number of rotatable bonds is 6. The highest BCUT2D eigenvalue weighted by Gasteiger charge is 2.33. The molecule has 1 atom stereocenters. The summed E-state index contributed by atoms with van der Waals surface area (Å²) in [6.07, 6.45) is 0.121. The van der Waals surface area contributed by atoms with Crippen molar-refractivity contribution in [3.63, 3.8) is 0 Å². The van der Waals surface area contributed by atoms with Crippen molar-refractivity contribution in [3.8, 4) is 0 Å². The summed E-state index contributed by atoms with van der Waals surface area (Å²) >= 11 is 0. The van der Waals surface area contributed by atoms with Crippen molar-refractivity contribution in [2.75, 3.05) is 7.05 Å². The number of hydrogen-bond acceptors (Lipinski definition) is 3. The van der Waals surface area contributed by atoms with Gasteiger partial charge >= 0.3 is 5.97 Å². The van der Waals surface area contributed by atoms with Gasteiger partial charge in [-0.15, -0.1) is 0 Å². The van der Waals surface area contributed by atoms with Crippen molar-refractivity contribution in [1.82, 2.24) is 4.31 Å². The van der Waals surface area contributed by atoms with Gasteiger partial charge in [0, 0.05) is 13.5 Å². The van der Waals surface area contributed by atoms with Crippen LogP contribution in [0.3, 0.4) is 0 Å². The summed E-state index contributed by atoms with van der Waals surface area (Å²) < 4.78 is 26.5. The quantitative estimate of drug-likeness (QED) is 0.858. The molecule has 2 aromatic carbocycles. The molecule has 0 amide bonds. The fourth-order valence-corrected chi connectivity index (χ4v) is 4.36. The molecule has 0 unspecified atom stereocenters. The van der Waals surface area contributed by atoms with Gasteiger partial charge < -0.3 is 5.11 Å². The van der Waals surface area contributed by atoms with Crippen LogP contribution in [0.15, 0.2) is 47.4 Å². The molecule has 25 heavy (non-hydrogen) atoms. The molecular formula is C19H23NO4S. The smallest absolute Gasteiger partial charge is 0.322 e. The summed E-state index contributed by atoms with van der Waals surface area (Å²) in [5, 5.41) is 9.65. The minimum absolute atomic E-state index is 0.0844. The van der Waals surface area contributed by atoms with Crippen molar-refractivity contribution in [2.45, 2.75) is 38.1 Å². The lowest BCUT2D eigenvalue weighted by Gasteiger charge is -2.25. The Balaban J connectivity index is 2.41. The normalized spacial score (nSPS) is 13.0. The van der Waals surface area contributed by atoms with Gasteiger partial charge in [-0.05, 0) is 49.6 Å². The Labute approximate surface area is 149 Å². The van der Waals surface area contributed by atoms with E-state index in [2.05, 4.69) is 0 Å². The maximum absolute atomic E-state index is 12.8. The average Bonchev–Trinajstić information content (AvgIpc) is 2.54. The maximum Gasteiger partial charge on any atom is 0.322 e. The number of aryl methyl sites for hydroxylation is 3. The van der Waals surface area contributed by atoms with Gasteiger partial charge in [0.05, 0.1) is 4.90 Å². The van der Waals surface area contributed by atoms with Gasteiger partial charge in [0.25, 0.3) is 0 Å². The third-order valence-corrected chi connectivity index (χ3v) is 6.26. The highest BCUT2D eigenvalue weighted by molar-refractivity contribution is 7.89. The van der Waals surface area contributed by atoms with E-state index in [1.165, 1.54) is 19.2 Å². The molecule has 134 valence electrons. The first-order valence-corrected chi connectivity index (χ1v) is 9.41. The fourth-order valence-electron chi connectivity index (χ4n) is 3.02. The Morgan fingerprint density at radius 1 is 1.08 bits per heavy atom. The lowest BCUT2D eigenvalue weighted by atomic mass is 9.94. The second-order valence-corrected chi connectivity index (χ2v) is 8.27. The van der Waals surface area contributed by atoms with E-state index in [0.717, 1.165) is 26.6 Å². The van der Waals surface area contributed by atoms with Crippen molar-refractivity contribution in [3.05, 3.63) is 64.7 Å². The molecule has 0 spiro atoms. The zero-order valence-electron chi connectivity index (χ0n) is 14.9. The third-order valence-electron chi connectivity index (χ3n) is 4.38. The molecule has 0 saturated heterocycles. The SMILES string of the molecule is Cc1cc(C)c(C[C@@H](C(=O)O)N(C)S(=O)(=O)c2ccccc2)c(C)c1. The standard InChI is InChI=1S/C19H23NO4S/c1-13-10-14(2)17(15(3)11-13)12-18(19(21)22)20(4)25(23,24)16-8-6-5-7-9-16/h5-11,18H,12H2,1-4H3,(H,21,22)/t18-/m0/s1. The Kier molecular flexibility index (Phi) is 5.65. The summed E-state index contributed by atoms with van der Waals surface area (Å²) in [6.45, 7) is 5.81. The number of sulfonamides is 1. The van der Waals surface area contributed by atoms with Crippen molar-refractivity contribution >= 4 is 16.0 Å². The Bertz CT molecular complexity index is 853. The first-order valence-electron chi connectivity index (χ1n) is 7.97. The summed E-state index contributed by atoms with van der Waals surface area (Å²) in [6, 6.07) is 10.7. The van der Waals surface area contributed by atoms with Crippen LogP contribution in [0.2, 0.25) is 0 Å². The van der Waals surface area contributed by atoms with E-state index in [1.807, 2.05) is 32.9 Å². The van der Waals surface area contributed by atoms with E-state index in [4.69, 9.17) is 0 Å². The fraction of sp³-hybridized carbons (Fsp3) is 0.316. The molecule has 0 fully saturated rings. The number of carboxylic acid groups (broad SMARTS) is 1. The molecule has 0 radical (unpaired) electrons. The molecule has 1 N–H and O–H groups in total. The summed E-state index contributed by atoms with van der Waals surface area (Å²) in [5.74, 6) is -1.17. The van der Waals surface area contributed by atoms with E-state index < -0.39 is 22.0 Å². The zero-order chi connectivity index (χ0) is 18.8. The van der Waals surface area contributed by atoms with E-state index in [1.54, 1.807) is 18.2 Å². The number of hydrogen-bond donors (Lipinski definition) is 1. The lowest BCUT2D eigenvalue weighted by Crippen LogP contribution is -2.44. The highest BCUT2D eigenvalue weighted by atomic mass is 32.2. The van der Waals surface area contributed by atoms with Crippen molar-refractivity contribution in [1.29, 1.82) is 0 Å². The molecule has 0 aliphatic rings. The third kappa shape index (κ3) is 4.08. The molecule has 2 aromatic rings. The van der Waals surface area contributed by atoms with Gasteiger partial charge in [0.15, 0.2) is 0 Å². The minimum Gasteiger partial charge on any atom is -0.480 e. The number of aliphatic carboxylic acids is 1. The van der Waals surface area contributed by atoms with E-state index >= 15 is 0 Å². The zero-order valence-corrected chi connectivity index (χ0v) is 15.7. The van der Waals surface area contributed by atoms with Crippen molar-refractivity contribution < 1.29 is 18.3 Å². The second kappa shape index (κ2) is 7.37. The predicted octanol–water partition coefficient (Wildman–Crippen LogP) is 2.93. The van der Waals surface area contributed by atoms with Gasteiger partial charge in [0.1, 0.15) is 6.04 Å². The minimum atomic E-state index is -3.88. The largest absolute Gasteiger partial charge is 0.480 e. The van der Waals surface area contributed by atoms with Crippen LogP contribution in [0.4, 0.5) is 0 Å². The Morgan fingerprint density at radius 2 is 1.60 bits per heavy atom. The molecule has 0 saturated carbocycles. The molecule has 0 aromatic heterocycles. The summed E-state index contributed by atoms with van der Waals surface area (Å²) in [7, 11) is -2.57. The van der Waals surface area contributed by atoms with Crippen LogP contribution in [0.5, 0.6) is 0 Å². The van der Waals surface area contributed by atoms with Crippen LogP contribution >= 0.6 is 0 Å². The Hall–Kier alpha value is -2.18. The molecule has 0 heterocycles. The molecular weight excluding hydrogens is 338 g/mol. The molecule has 0 bridgehead atoms. The van der Waals surface area contributed by atoms with Crippen LogP contribution in [-0.2, 0) is 21.2 Å². The van der Waals surface area contributed by atoms with Crippen LogP contribution in [0, 0.1) is 20.8 Å². The second-order valence-electron chi connectivity index (χ2n) is 6.27.